The Labute approximate surface area is 238 Å². The largest absolute Gasteiger partial charge is 0.462 e. The fraction of sp³-hybridized carbons (Fsp3) is 0.290. The number of rotatable bonds is 12. The fourth-order valence-electron chi connectivity index (χ4n) is 4.87. The zero-order chi connectivity index (χ0) is 29.2. The van der Waals surface area contributed by atoms with Crippen molar-refractivity contribution in [3.05, 3.63) is 123 Å². The number of hydrogen-bond donors (Lipinski definition) is 1. The molecule has 0 saturated heterocycles. The normalized spacial score (nSPS) is 13.5. The third kappa shape index (κ3) is 7.42. The molecule has 2 aromatic heterocycles. The first-order valence-corrected chi connectivity index (χ1v) is 13.4. The average molecular weight is 557 g/mol. The molecule has 41 heavy (non-hydrogen) atoms. The number of benzene rings is 1. The second-order valence-corrected chi connectivity index (χ2v) is 9.65. The highest BCUT2D eigenvalue weighted by molar-refractivity contribution is 6.00. The van der Waals surface area contributed by atoms with Crippen molar-refractivity contribution < 1.29 is 24.0 Å². The number of nitro groups is 1. The fourth-order valence-corrected chi connectivity index (χ4v) is 4.87. The number of nitro benzene ring substituents is 1. The minimum absolute atomic E-state index is 0.130. The van der Waals surface area contributed by atoms with Crippen molar-refractivity contribution in [2.45, 2.75) is 45.4 Å². The van der Waals surface area contributed by atoms with Crippen molar-refractivity contribution in [2.75, 3.05) is 13.2 Å². The van der Waals surface area contributed by atoms with Crippen molar-refractivity contribution in [1.29, 1.82) is 0 Å². The van der Waals surface area contributed by atoms with Gasteiger partial charge in [-0.1, -0.05) is 30.3 Å². The highest BCUT2D eigenvalue weighted by Crippen LogP contribution is 2.42. The van der Waals surface area contributed by atoms with E-state index >= 15 is 0 Å². The number of pyridine rings is 2. The van der Waals surface area contributed by atoms with Gasteiger partial charge in [0.25, 0.3) is 5.69 Å². The van der Waals surface area contributed by atoms with Crippen LogP contribution in [0.5, 0.6) is 0 Å². The molecule has 3 aromatic rings. The summed E-state index contributed by atoms with van der Waals surface area (Å²) in [4.78, 5) is 46.6. The Balaban J connectivity index is 1.55. The van der Waals surface area contributed by atoms with Crippen LogP contribution < -0.4 is 5.32 Å². The van der Waals surface area contributed by atoms with Crippen LogP contribution in [0.1, 0.15) is 49.3 Å². The zero-order valence-electron chi connectivity index (χ0n) is 23.0. The summed E-state index contributed by atoms with van der Waals surface area (Å²) in [6, 6.07) is 13.7. The van der Waals surface area contributed by atoms with Gasteiger partial charge in [0.2, 0.25) is 0 Å². The first-order valence-electron chi connectivity index (χ1n) is 13.4. The van der Waals surface area contributed by atoms with Crippen LogP contribution in [0.4, 0.5) is 5.69 Å². The SMILES string of the molecule is CC1=C(C(=O)OCCCc2cccnc2)C(c2ccccc2[N+](=O)[O-])C(C(=O)OCCCc2cccnc2)=C(C)N1. The lowest BCUT2D eigenvalue weighted by Gasteiger charge is -2.30. The molecule has 0 radical (unpaired) electrons. The summed E-state index contributed by atoms with van der Waals surface area (Å²) < 4.78 is 11.3. The Hall–Kier alpha value is -4.86. The monoisotopic (exact) mass is 556 g/mol. The number of nitrogens with zero attached hydrogens (tertiary/aromatic N) is 3. The van der Waals surface area contributed by atoms with Gasteiger partial charge in [-0.15, -0.1) is 0 Å². The van der Waals surface area contributed by atoms with Gasteiger partial charge in [-0.3, -0.25) is 20.1 Å². The molecule has 1 aliphatic heterocycles. The molecule has 0 unspecified atom stereocenters. The third-order valence-corrected chi connectivity index (χ3v) is 6.78. The highest BCUT2D eigenvalue weighted by atomic mass is 16.6. The van der Waals surface area contributed by atoms with E-state index in [0.29, 0.717) is 37.1 Å². The maximum atomic E-state index is 13.5. The number of esters is 2. The van der Waals surface area contributed by atoms with E-state index in [2.05, 4.69) is 15.3 Å². The van der Waals surface area contributed by atoms with Crippen molar-refractivity contribution in [3.8, 4) is 0 Å². The van der Waals surface area contributed by atoms with Crippen LogP contribution in [-0.2, 0) is 31.9 Å². The van der Waals surface area contributed by atoms with E-state index in [9.17, 15) is 19.7 Å². The topological polar surface area (TPSA) is 134 Å². The summed E-state index contributed by atoms with van der Waals surface area (Å²) in [5.74, 6) is -2.35. The summed E-state index contributed by atoms with van der Waals surface area (Å²) in [6.07, 6.45) is 9.36. The second kappa shape index (κ2) is 14.0. The van der Waals surface area contributed by atoms with E-state index in [1.165, 1.54) is 6.07 Å². The summed E-state index contributed by atoms with van der Waals surface area (Å²) >= 11 is 0. The van der Waals surface area contributed by atoms with E-state index in [0.717, 1.165) is 11.1 Å². The number of aryl methyl sites for hydroxylation is 2. The molecule has 0 saturated carbocycles. The lowest BCUT2D eigenvalue weighted by Crippen LogP contribution is -2.33. The van der Waals surface area contributed by atoms with Gasteiger partial charge in [-0.25, -0.2) is 9.59 Å². The Kier molecular flexibility index (Phi) is 9.93. The molecule has 1 aromatic carbocycles. The van der Waals surface area contributed by atoms with Crippen LogP contribution in [0.3, 0.4) is 0 Å². The Bertz CT molecular complexity index is 1370. The summed E-state index contributed by atoms with van der Waals surface area (Å²) in [5.41, 5.74) is 3.21. The predicted octanol–water partition coefficient (Wildman–Crippen LogP) is 4.97. The van der Waals surface area contributed by atoms with Gasteiger partial charge in [-0.2, -0.15) is 0 Å². The smallest absolute Gasteiger partial charge is 0.336 e. The van der Waals surface area contributed by atoms with E-state index in [1.54, 1.807) is 56.8 Å². The van der Waals surface area contributed by atoms with Gasteiger partial charge in [-0.05, 0) is 62.8 Å². The molecule has 4 rings (SSSR count). The second-order valence-electron chi connectivity index (χ2n) is 9.65. The first kappa shape index (κ1) is 29.1. The molecule has 0 spiro atoms. The molecule has 10 nitrogen and oxygen atoms in total. The molecular formula is C31H32N4O6. The molecule has 3 heterocycles. The van der Waals surface area contributed by atoms with Gasteiger partial charge in [0.15, 0.2) is 0 Å². The van der Waals surface area contributed by atoms with Crippen molar-refractivity contribution >= 4 is 17.6 Å². The zero-order valence-corrected chi connectivity index (χ0v) is 23.0. The molecule has 1 aliphatic rings. The Morgan fingerprint density at radius 2 is 1.34 bits per heavy atom. The number of carbonyl (C=O) groups is 2. The maximum Gasteiger partial charge on any atom is 0.336 e. The average Bonchev–Trinajstić information content (AvgIpc) is 2.98. The summed E-state index contributed by atoms with van der Waals surface area (Å²) in [5, 5.41) is 15.1. The maximum absolute atomic E-state index is 13.5. The molecule has 0 fully saturated rings. The van der Waals surface area contributed by atoms with Gasteiger partial charge in [0.1, 0.15) is 0 Å². The summed E-state index contributed by atoms with van der Waals surface area (Å²) in [6.45, 7) is 3.64. The minimum Gasteiger partial charge on any atom is -0.462 e. The standard InChI is InChI=1S/C31H32N4O6/c1-21-27(30(36)40-17-7-11-23-9-5-15-32-19-23)29(25-13-3-4-14-26(25)35(38)39)28(22(2)34-21)31(37)41-18-8-12-24-10-6-16-33-20-24/h3-6,9-10,13-16,19-20,29,34H,7-8,11-12,17-18H2,1-2H3. The number of hydrogen-bond acceptors (Lipinski definition) is 9. The predicted molar refractivity (Wildman–Crippen MR) is 151 cm³/mol. The lowest BCUT2D eigenvalue weighted by molar-refractivity contribution is -0.385. The van der Waals surface area contributed by atoms with Crippen molar-refractivity contribution in [1.82, 2.24) is 15.3 Å². The minimum atomic E-state index is -1.05. The molecule has 0 amide bonds. The molecule has 0 bridgehead atoms. The number of carbonyl (C=O) groups excluding carboxylic acids is 2. The number of nitrogens with one attached hydrogen (secondary N) is 1. The molecule has 212 valence electrons. The number of aromatic nitrogens is 2. The van der Waals surface area contributed by atoms with Crippen LogP contribution in [0.25, 0.3) is 0 Å². The first-order chi connectivity index (χ1) is 19.9. The van der Waals surface area contributed by atoms with Crippen molar-refractivity contribution in [2.24, 2.45) is 0 Å². The lowest BCUT2D eigenvalue weighted by atomic mass is 9.79. The molecule has 0 aliphatic carbocycles. The van der Waals surface area contributed by atoms with Crippen LogP contribution in [0.15, 0.2) is 95.9 Å². The van der Waals surface area contributed by atoms with Gasteiger partial charge in [0, 0.05) is 47.8 Å². The van der Waals surface area contributed by atoms with Gasteiger partial charge < -0.3 is 14.8 Å². The van der Waals surface area contributed by atoms with Crippen LogP contribution >= 0.6 is 0 Å². The number of ether oxygens (including phenoxy) is 2. The van der Waals surface area contributed by atoms with Gasteiger partial charge in [0.05, 0.1) is 35.2 Å². The van der Waals surface area contributed by atoms with E-state index < -0.39 is 22.8 Å². The van der Waals surface area contributed by atoms with Crippen LogP contribution in [-0.4, -0.2) is 40.0 Å². The summed E-state index contributed by atoms with van der Waals surface area (Å²) in [7, 11) is 0. The van der Waals surface area contributed by atoms with Crippen LogP contribution in [0, 0.1) is 10.1 Å². The van der Waals surface area contributed by atoms with E-state index in [1.807, 2.05) is 24.3 Å². The Morgan fingerprint density at radius 1 is 0.829 bits per heavy atom. The number of dihydropyridines is 1. The molecule has 1 N–H and O–H groups in total. The highest BCUT2D eigenvalue weighted by Gasteiger charge is 2.40. The van der Waals surface area contributed by atoms with E-state index in [-0.39, 0.29) is 35.6 Å². The van der Waals surface area contributed by atoms with Crippen molar-refractivity contribution in [3.63, 3.8) is 0 Å². The van der Waals surface area contributed by atoms with Gasteiger partial charge >= 0.3 is 11.9 Å². The Morgan fingerprint density at radius 3 is 1.80 bits per heavy atom. The molecule has 0 atom stereocenters. The van der Waals surface area contributed by atoms with Crippen LogP contribution in [0.2, 0.25) is 0 Å². The third-order valence-electron chi connectivity index (χ3n) is 6.78. The molecule has 10 heteroatoms. The quantitative estimate of drug-likeness (QED) is 0.142. The number of allylic oxidation sites excluding steroid dienone is 2. The van der Waals surface area contributed by atoms with E-state index in [4.69, 9.17) is 9.47 Å². The molecular weight excluding hydrogens is 524 g/mol. The number of para-hydroxylation sites is 1.